The number of hydrogen-bond acceptors (Lipinski definition) is 6. The molecular weight excluding hydrogens is 388 g/mol. The predicted molar refractivity (Wildman–Crippen MR) is 110 cm³/mol. The summed E-state index contributed by atoms with van der Waals surface area (Å²) in [4.78, 5) is 47.8. The number of nitrogens with one attached hydrogen (secondary N) is 2. The van der Waals surface area contributed by atoms with E-state index in [-0.39, 0.29) is 12.4 Å². The Bertz CT molecular complexity index is 913. The molecule has 2 amide bonds. The second kappa shape index (κ2) is 10.8. The Labute approximate surface area is 174 Å². The number of carbonyl (C=O) groups excluding carboxylic acids is 4. The highest BCUT2D eigenvalue weighted by Gasteiger charge is 2.23. The van der Waals surface area contributed by atoms with Crippen LogP contribution in [-0.2, 0) is 19.1 Å². The van der Waals surface area contributed by atoms with Crippen molar-refractivity contribution in [3.05, 3.63) is 60.2 Å². The molecular formula is C22H24N2O6. The number of carbonyl (C=O) groups is 4. The molecule has 0 aliphatic rings. The van der Waals surface area contributed by atoms with Gasteiger partial charge in [-0.2, -0.15) is 0 Å². The first kappa shape index (κ1) is 22.6. The summed E-state index contributed by atoms with van der Waals surface area (Å²) in [6, 6.07) is 14.2. The third-order valence-corrected chi connectivity index (χ3v) is 4.04. The lowest BCUT2D eigenvalue weighted by Crippen LogP contribution is -2.44. The third-order valence-electron chi connectivity index (χ3n) is 4.04. The van der Waals surface area contributed by atoms with Crippen molar-refractivity contribution in [2.24, 2.45) is 0 Å². The summed E-state index contributed by atoms with van der Waals surface area (Å²) in [7, 11) is 0. The monoisotopic (exact) mass is 412 g/mol. The molecule has 158 valence electrons. The van der Waals surface area contributed by atoms with E-state index in [9.17, 15) is 19.2 Å². The average Bonchev–Trinajstić information content (AvgIpc) is 2.73. The first-order chi connectivity index (χ1) is 14.3. The lowest BCUT2D eigenvalue weighted by Gasteiger charge is -2.18. The summed E-state index contributed by atoms with van der Waals surface area (Å²) in [6.07, 6.45) is -1.10. The van der Waals surface area contributed by atoms with E-state index in [1.54, 1.807) is 42.5 Å². The van der Waals surface area contributed by atoms with Crippen molar-refractivity contribution >= 4 is 29.3 Å². The van der Waals surface area contributed by atoms with Crippen LogP contribution >= 0.6 is 0 Å². The lowest BCUT2D eigenvalue weighted by molar-refractivity contribution is -0.155. The number of rotatable bonds is 9. The Hall–Kier alpha value is -3.68. The first-order valence-corrected chi connectivity index (χ1v) is 9.36. The van der Waals surface area contributed by atoms with Crippen LogP contribution in [-0.4, -0.2) is 42.3 Å². The average molecular weight is 412 g/mol. The van der Waals surface area contributed by atoms with Gasteiger partial charge in [-0.25, -0.2) is 4.79 Å². The SMILES string of the molecule is CC(=O)c1cccc(NC(=O)[C@@H](C)OC(=O)[C@H](C)NC(=O)COc2ccccc2)c1. The molecule has 0 saturated heterocycles. The molecule has 0 unspecified atom stereocenters. The van der Waals surface area contributed by atoms with Gasteiger partial charge in [-0.15, -0.1) is 0 Å². The standard InChI is InChI=1S/C22H24N2O6/c1-14(23-20(26)13-29-19-10-5-4-6-11-19)22(28)30-16(3)21(27)24-18-9-7-8-17(12-18)15(2)25/h4-12,14,16H,13H2,1-3H3,(H,23,26)(H,24,27)/t14-,16+/m0/s1. The second-order valence-electron chi connectivity index (χ2n) is 6.60. The van der Waals surface area contributed by atoms with E-state index in [1.165, 1.54) is 26.8 Å². The topological polar surface area (TPSA) is 111 Å². The van der Waals surface area contributed by atoms with Crippen molar-refractivity contribution in [3.63, 3.8) is 0 Å². The highest BCUT2D eigenvalue weighted by molar-refractivity contribution is 5.98. The number of para-hydroxylation sites is 1. The second-order valence-corrected chi connectivity index (χ2v) is 6.60. The molecule has 0 spiro atoms. The number of benzene rings is 2. The van der Waals surface area contributed by atoms with Crippen LogP contribution in [0.15, 0.2) is 54.6 Å². The van der Waals surface area contributed by atoms with Gasteiger partial charge in [0.15, 0.2) is 18.5 Å². The van der Waals surface area contributed by atoms with Crippen LogP contribution in [0.1, 0.15) is 31.1 Å². The molecule has 0 heterocycles. The van der Waals surface area contributed by atoms with Crippen molar-refractivity contribution in [3.8, 4) is 5.75 Å². The molecule has 2 aromatic rings. The Morgan fingerprint density at radius 1 is 0.967 bits per heavy atom. The van der Waals surface area contributed by atoms with E-state index in [4.69, 9.17) is 9.47 Å². The Balaban J connectivity index is 1.80. The van der Waals surface area contributed by atoms with Gasteiger partial charge in [0.25, 0.3) is 11.8 Å². The van der Waals surface area contributed by atoms with Gasteiger partial charge >= 0.3 is 5.97 Å². The molecule has 0 aromatic heterocycles. The highest BCUT2D eigenvalue weighted by atomic mass is 16.5. The minimum atomic E-state index is -1.10. The molecule has 8 nitrogen and oxygen atoms in total. The van der Waals surface area contributed by atoms with Crippen molar-refractivity contribution < 1.29 is 28.7 Å². The molecule has 0 radical (unpaired) electrons. The maximum atomic E-state index is 12.3. The zero-order chi connectivity index (χ0) is 22.1. The van der Waals surface area contributed by atoms with Gasteiger partial charge < -0.3 is 20.1 Å². The summed E-state index contributed by atoms with van der Waals surface area (Å²) >= 11 is 0. The van der Waals surface area contributed by atoms with Crippen LogP contribution < -0.4 is 15.4 Å². The summed E-state index contributed by atoms with van der Waals surface area (Å²) in [5.41, 5.74) is 0.863. The maximum absolute atomic E-state index is 12.3. The number of anilines is 1. The minimum Gasteiger partial charge on any atom is -0.484 e. The van der Waals surface area contributed by atoms with Gasteiger partial charge in [0, 0.05) is 11.3 Å². The van der Waals surface area contributed by atoms with Gasteiger partial charge in [-0.3, -0.25) is 14.4 Å². The van der Waals surface area contributed by atoms with Gasteiger partial charge in [0.2, 0.25) is 0 Å². The molecule has 0 aliphatic heterocycles. The van der Waals surface area contributed by atoms with Crippen LogP contribution in [0.5, 0.6) is 5.75 Å². The lowest BCUT2D eigenvalue weighted by atomic mass is 10.1. The quantitative estimate of drug-likeness (QED) is 0.483. The zero-order valence-corrected chi connectivity index (χ0v) is 17.0. The van der Waals surface area contributed by atoms with E-state index in [1.807, 2.05) is 6.07 Å². The van der Waals surface area contributed by atoms with Crippen LogP contribution in [0.4, 0.5) is 5.69 Å². The first-order valence-electron chi connectivity index (χ1n) is 9.36. The van der Waals surface area contributed by atoms with Crippen LogP contribution in [0, 0.1) is 0 Å². The fourth-order valence-electron chi connectivity index (χ4n) is 2.40. The van der Waals surface area contributed by atoms with E-state index < -0.39 is 29.9 Å². The summed E-state index contributed by atoms with van der Waals surface area (Å²) in [6.45, 7) is 4.02. The molecule has 8 heteroatoms. The van der Waals surface area contributed by atoms with E-state index in [0.717, 1.165) is 0 Å². The van der Waals surface area contributed by atoms with Crippen LogP contribution in [0.3, 0.4) is 0 Å². The summed E-state index contributed by atoms with van der Waals surface area (Å²) in [5, 5.41) is 5.04. The molecule has 0 bridgehead atoms. The molecule has 0 fully saturated rings. The van der Waals surface area contributed by atoms with Crippen molar-refractivity contribution in [2.45, 2.75) is 32.9 Å². The fraction of sp³-hybridized carbons (Fsp3) is 0.273. The molecule has 2 aromatic carbocycles. The normalized spacial score (nSPS) is 12.2. The molecule has 2 N–H and O–H groups in total. The Kier molecular flexibility index (Phi) is 8.10. The molecule has 0 aliphatic carbocycles. The van der Waals surface area contributed by atoms with Gasteiger partial charge in [0.05, 0.1) is 0 Å². The number of hydrogen-bond donors (Lipinski definition) is 2. The molecule has 2 atom stereocenters. The van der Waals surface area contributed by atoms with Gasteiger partial charge in [-0.1, -0.05) is 30.3 Å². The number of ketones is 1. The summed E-state index contributed by atoms with van der Waals surface area (Å²) < 4.78 is 10.4. The molecule has 0 saturated carbocycles. The number of ether oxygens (including phenoxy) is 2. The maximum Gasteiger partial charge on any atom is 0.329 e. The Morgan fingerprint density at radius 2 is 1.67 bits per heavy atom. The Morgan fingerprint density at radius 3 is 2.33 bits per heavy atom. The number of amides is 2. The minimum absolute atomic E-state index is 0.133. The fourth-order valence-corrected chi connectivity index (χ4v) is 2.40. The van der Waals surface area contributed by atoms with Crippen molar-refractivity contribution in [1.82, 2.24) is 5.32 Å². The van der Waals surface area contributed by atoms with Gasteiger partial charge in [0.1, 0.15) is 11.8 Å². The largest absolute Gasteiger partial charge is 0.484 e. The van der Waals surface area contributed by atoms with Crippen molar-refractivity contribution in [1.29, 1.82) is 0 Å². The van der Waals surface area contributed by atoms with Crippen LogP contribution in [0.2, 0.25) is 0 Å². The molecule has 30 heavy (non-hydrogen) atoms. The van der Waals surface area contributed by atoms with E-state index in [2.05, 4.69) is 10.6 Å². The van der Waals surface area contributed by atoms with Crippen LogP contribution in [0.25, 0.3) is 0 Å². The third kappa shape index (κ3) is 7.05. The van der Waals surface area contributed by atoms with E-state index >= 15 is 0 Å². The van der Waals surface area contributed by atoms with Crippen molar-refractivity contribution in [2.75, 3.05) is 11.9 Å². The van der Waals surface area contributed by atoms with Gasteiger partial charge in [-0.05, 0) is 45.0 Å². The number of Topliss-reactive ketones (excluding diaryl/α,β-unsaturated/α-hetero) is 1. The molecule has 2 rings (SSSR count). The number of esters is 1. The summed E-state index contributed by atoms with van der Waals surface area (Å²) in [5.74, 6) is -1.42. The zero-order valence-electron chi connectivity index (χ0n) is 17.0. The smallest absolute Gasteiger partial charge is 0.329 e. The van der Waals surface area contributed by atoms with E-state index in [0.29, 0.717) is 17.0 Å². The predicted octanol–water partition coefficient (Wildman–Crippen LogP) is 2.34. The highest BCUT2D eigenvalue weighted by Crippen LogP contribution is 2.12.